The molecule has 10 atom stereocenters. The van der Waals surface area contributed by atoms with Gasteiger partial charge in [-0.25, -0.2) is 4.79 Å². The summed E-state index contributed by atoms with van der Waals surface area (Å²) in [5.41, 5.74) is 12.2. The second kappa shape index (κ2) is 33.5. The highest BCUT2D eigenvalue weighted by molar-refractivity contribution is 6.00. The van der Waals surface area contributed by atoms with E-state index in [4.69, 9.17) is 11.5 Å². The van der Waals surface area contributed by atoms with Gasteiger partial charge in [0, 0.05) is 36.4 Å². The molecule has 0 aliphatic carbocycles. The maximum absolute atomic E-state index is 14.1. The Balaban J connectivity index is 2.38. The summed E-state index contributed by atoms with van der Waals surface area (Å²) in [6.07, 6.45) is -4.16. The average molecular weight is 1180 g/mol. The second-order valence-electron chi connectivity index (χ2n) is 20.1. The topological polar surface area (TPSA) is 533 Å². The van der Waals surface area contributed by atoms with Crippen molar-refractivity contribution in [3.63, 3.8) is 0 Å². The third kappa shape index (κ3) is 23.8. The molecule has 32 nitrogen and oxygen atoms in total. The number of aromatic amines is 1. The summed E-state index contributed by atoms with van der Waals surface area (Å²) in [6.45, 7) is 8.27. The van der Waals surface area contributed by atoms with Gasteiger partial charge in [0.25, 0.3) is 0 Å². The van der Waals surface area contributed by atoms with Gasteiger partial charge in [-0.2, -0.15) is 0 Å². The molecule has 0 bridgehead atoms. The molecule has 83 heavy (non-hydrogen) atoms. The number of hydrogen-bond donors (Lipinski definition) is 17. The van der Waals surface area contributed by atoms with Gasteiger partial charge in [0.2, 0.25) is 59.1 Å². The number of para-hydroxylation sites is 1. The summed E-state index contributed by atoms with van der Waals surface area (Å²) in [7, 11) is 0. The van der Waals surface area contributed by atoms with Gasteiger partial charge in [0.1, 0.15) is 48.3 Å². The Bertz CT molecular complexity index is 2730. The molecule has 0 spiro atoms. The van der Waals surface area contributed by atoms with Crippen molar-refractivity contribution in [3.8, 4) is 0 Å². The summed E-state index contributed by atoms with van der Waals surface area (Å²) in [5.74, 6) is -21.0. The molecule has 10 amide bonds. The van der Waals surface area contributed by atoms with Crippen LogP contribution in [0.15, 0.2) is 30.5 Å². The number of primary amides is 1. The molecule has 0 saturated heterocycles. The third-order valence-corrected chi connectivity index (χ3v) is 12.8. The molecule has 0 fully saturated rings. The molecule has 1 aromatic carbocycles. The largest absolute Gasteiger partial charge is 0.481 e. The van der Waals surface area contributed by atoms with E-state index in [9.17, 15) is 97.5 Å². The summed E-state index contributed by atoms with van der Waals surface area (Å²) in [6, 6.07) is -8.45. The van der Waals surface area contributed by atoms with Crippen molar-refractivity contribution >= 4 is 99.8 Å². The molecule has 458 valence electrons. The highest BCUT2D eigenvalue weighted by Gasteiger charge is 2.37. The van der Waals surface area contributed by atoms with Gasteiger partial charge in [0.15, 0.2) is 0 Å². The SMILES string of the molecule is CC[C@H](C)[C@H](NC(=O)CNC(=O)[C@H](CCC(=O)O)NC(=O)[C@H](CC(=O)O)NC(=O)[C@@H](N)C(C)C)C(=O)N[C@@H](CCC(N)=O)C(=O)N[C@H](C(=O)N[C@@H](CC(=O)O)C(=O)N[C@@H](Cc1c[nH]c2ccccc12)C(=O)N[C@@H](CC(=O)O)C(=O)O)C(C)C. The number of carbonyl (C=O) groups is 15. The number of H-pyrrole nitrogens is 1. The van der Waals surface area contributed by atoms with E-state index in [1.165, 1.54) is 27.0 Å². The number of aromatic nitrogens is 1. The molecular formula is C51H74N12O20. The lowest BCUT2D eigenvalue weighted by molar-refractivity contribution is -0.147. The van der Waals surface area contributed by atoms with Crippen LogP contribution in [0.1, 0.15) is 98.5 Å². The number of amides is 10. The minimum Gasteiger partial charge on any atom is -0.481 e. The fourth-order valence-corrected chi connectivity index (χ4v) is 7.88. The predicted octanol–water partition coefficient (Wildman–Crippen LogP) is -3.97. The Hall–Kier alpha value is -9.23. The number of rotatable bonds is 37. The Labute approximate surface area is 474 Å². The van der Waals surface area contributed by atoms with Crippen LogP contribution in [0.2, 0.25) is 0 Å². The van der Waals surface area contributed by atoms with E-state index in [2.05, 4.69) is 52.8 Å². The number of carboxylic acids is 5. The minimum atomic E-state index is -2.00. The van der Waals surface area contributed by atoms with Crippen molar-refractivity contribution in [2.24, 2.45) is 29.2 Å². The zero-order valence-corrected chi connectivity index (χ0v) is 46.4. The van der Waals surface area contributed by atoms with Crippen molar-refractivity contribution in [2.45, 2.75) is 154 Å². The maximum Gasteiger partial charge on any atom is 0.326 e. The minimum absolute atomic E-state index is 0.199. The van der Waals surface area contributed by atoms with Crippen LogP contribution in [0.25, 0.3) is 10.9 Å². The number of fused-ring (bicyclic) bond motifs is 1. The smallest absolute Gasteiger partial charge is 0.326 e. The van der Waals surface area contributed by atoms with Crippen molar-refractivity contribution in [1.29, 1.82) is 0 Å². The Morgan fingerprint density at radius 2 is 0.964 bits per heavy atom. The zero-order chi connectivity index (χ0) is 63.0. The van der Waals surface area contributed by atoms with E-state index >= 15 is 0 Å². The average Bonchev–Trinajstić information content (AvgIpc) is 3.82. The van der Waals surface area contributed by atoms with E-state index in [1.54, 1.807) is 45.0 Å². The first-order chi connectivity index (χ1) is 38.8. The predicted molar refractivity (Wildman–Crippen MR) is 287 cm³/mol. The first kappa shape index (κ1) is 69.9. The van der Waals surface area contributed by atoms with Crippen LogP contribution in [0.4, 0.5) is 0 Å². The Kier molecular flexibility index (Phi) is 28.2. The summed E-state index contributed by atoms with van der Waals surface area (Å²) < 4.78 is 0. The lowest BCUT2D eigenvalue weighted by Crippen LogP contribution is -2.61. The Morgan fingerprint density at radius 3 is 1.48 bits per heavy atom. The quantitative estimate of drug-likeness (QED) is 0.0307. The lowest BCUT2D eigenvalue weighted by atomic mass is 9.97. The molecule has 0 saturated carbocycles. The molecule has 1 heterocycles. The molecule has 0 aliphatic heterocycles. The van der Waals surface area contributed by atoms with E-state index in [-0.39, 0.29) is 12.8 Å². The number of nitrogens with one attached hydrogen (secondary N) is 10. The van der Waals surface area contributed by atoms with Crippen LogP contribution >= 0.6 is 0 Å². The molecule has 0 aliphatic rings. The van der Waals surface area contributed by atoms with Crippen LogP contribution < -0.4 is 59.3 Å². The Morgan fingerprint density at radius 1 is 0.506 bits per heavy atom. The van der Waals surface area contributed by atoms with Crippen LogP contribution in [-0.4, -0.2) is 180 Å². The van der Waals surface area contributed by atoms with Gasteiger partial charge in [-0.05, 0) is 42.2 Å². The standard InChI is InChI=1S/C51H74N12O20/c1-7-24(6)42(62-35(65)21-55-43(74)28(13-15-36(66)67)56-46(77)31(17-37(68)69)59-48(79)40(53)22(2)3)50(81)57-29(12-14-34(52)64)44(75)63-41(23(4)5)49(80)60-32(18-38(70)71)47(78)58-30(45(76)61-33(51(82)83)19-39(72)73)16-25-20-54-27-11-9-8-10-26(25)27/h8-11,20,22-24,28-33,40-42,54H,7,12-19,21,53H2,1-6H3,(H2,52,64)(H,55,74)(H,56,77)(H,57,81)(H,58,78)(H,59,79)(H,60,80)(H,61,76)(H,62,65)(H,63,75)(H,66,67)(H,68,69)(H,70,71)(H,72,73)(H,82,83)/t24-,28-,29-,30-,31-,32-,33-,40-,41-,42-/m0/s1. The molecule has 32 heteroatoms. The van der Waals surface area contributed by atoms with Gasteiger partial charge >= 0.3 is 29.8 Å². The first-order valence-electron chi connectivity index (χ1n) is 26.1. The molecule has 1 aromatic heterocycles. The highest BCUT2D eigenvalue weighted by Crippen LogP contribution is 2.20. The number of hydrogen-bond acceptors (Lipinski definition) is 16. The second-order valence-corrected chi connectivity index (χ2v) is 20.1. The number of carboxylic acid groups (broad SMARTS) is 5. The van der Waals surface area contributed by atoms with Gasteiger partial charge < -0.3 is 89.8 Å². The summed E-state index contributed by atoms with van der Waals surface area (Å²) >= 11 is 0. The summed E-state index contributed by atoms with van der Waals surface area (Å²) in [4.78, 5) is 196. The number of benzene rings is 1. The van der Waals surface area contributed by atoms with E-state index in [1.807, 2.05) is 0 Å². The van der Waals surface area contributed by atoms with Crippen LogP contribution in [0, 0.1) is 17.8 Å². The van der Waals surface area contributed by atoms with Crippen LogP contribution in [0.3, 0.4) is 0 Å². The first-order valence-corrected chi connectivity index (χ1v) is 26.1. The molecular weight excluding hydrogens is 1100 g/mol. The van der Waals surface area contributed by atoms with Crippen molar-refractivity contribution in [1.82, 2.24) is 52.8 Å². The number of aliphatic carboxylic acids is 5. The van der Waals surface area contributed by atoms with Gasteiger partial charge in [-0.1, -0.05) is 66.2 Å². The van der Waals surface area contributed by atoms with Gasteiger partial charge in [-0.15, -0.1) is 0 Å². The summed E-state index contributed by atoms with van der Waals surface area (Å²) in [5, 5.41) is 68.4. The highest BCUT2D eigenvalue weighted by atomic mass is 16.4. The van der Waals surface area contributed by atoms with Crippen molar-refractivity contribution < 1.29 is 97.5 Å². The van der Waals surface area contributed by atoms with Gasteiger partial charge in [-0.3, -0.25) is 67.1 Å². The number of carbonyl (C=O) groups excluding carboxylic acids is 10. The molecule has 2 rings (SSSR count). The zero-order valence-electron chi connectivity index (χ0n) is 46.4. The number of nitrogens with two attached hydrogens (primary N) is 2. The van der Waals surface area contributed by atoms with E-state index in [0.717, 1.165) is 0 Å². The fraction of sp³-hybridized carbons (Fsp3) is 0.549. The van der Waals surface area contributed by atoms with Crippen LogP contribution in [0.5, 0.6) is 0 Å². The third-order valence-electron chi connectivity index (χ3n) is 12.8. The van der Waals surface area contributed by atoms with Crippen molar-refractivity contribution in [3.05, 3.63) is 36.0 Å². The normalized spacial score (nSPS) is 14.7. The van der Waals surface area contributed by atoms with E-state index < -0.39 is 213 Å². The lowest BCUT2D eigenvalue weighted by Gasteiger charge is -2.29. The molecule has 0 unspecified atom stereocenters. The van der Waals surface area contributed by atoms with Gasteiger partial charge in [0.05, 0.1) is 31.8 Å². The maximum atomic E-state index is 14.1. The van der Waals surface area contributed by atoms with E-state index in [0.29, 0.717) is 16.5 Å². The molecule has 0 radical (unpaired) electrons. The monoisotopic (exact) mass is 1170 g/mol. The molecule has 19 N–H and O–H groups in total. The van der Waals surface area contributed by atoms with Crippen LogP contribution in [-0.2, 0) is 78.3 Å². The van der Waals surface area contributed by atoms with Crippen molar-refractivity contribution in [2.75, 3.05) is 6.54 Å². The fourth-order valence-electron chi connectivity index (χ4n) is 7.88. The molecule has 2 aromatic rings.